The number of benzene rings is 1. The number of thioether (sulfide) groups is 1. The SMILES string of the molecule is CSCC(=O)Nc1cc(F)ccc1N. The van der Waals surface area contributed by atoms with Gasteiger partial charge >= 0.3 is 0 Å². The van der Waals surface area contributed by atoms with E-state index >= 15 is 0 Å². The summed E-state index contributed by atoms with van der Waals surface area (Å²) in [6.07, 6.45) is 1.81. The Morgan fingerprint density at radius 2 is 2.36 bits per heavy atom. The number of halogens is 1. The summed E-state index contributed by atoms with van der Waals surface area (Å²) in [5.41, 5.74) is 6.23. The molecule has 0 fully saturated rings. The Labute approximate surface area is 85.9 Å². The summed E-state index contributed by atoms with van der Waals surface area (Å²) in [5.74, 6) is -0.274. The van der Waals surface area contributed by atoms with Crippen LogP contribution in [-0.2, 0) is 4.79 Å². The molecule has 0 unspecified atom stereocenters. The van der Waals surface area contributed by atoms with Crippen molar-refractivity contribution in [1.82, 2.24) is 0 Å². The van der Waals surface area contributed by atoms with Crippen molar-refractivity contribution in [3.05, 3.63) is 24.0 Å². The quantitative estimate of drug-likeness (QED) is 0.753. The van der Waals surface area contributed by atoms with Crippen molar-refractivity contribution >= 4 is 29.0 Å². The summed E-state index contributed by atoms with van der Waals surface area (Å²) in [6, 6.07) is 3.87. The Morgan fingerprint density at radius 3 is 3.00 bits per heavy atom. The molecule has 0 saturated heterocycles. The minimum absolute atomic E-state index is 0.185. The molecule has 0 aliphatic carbocycles. The fourth-order valence-corrected chi connectivity index (χ4v) is 1.29. The van der Waals surface area contributed by atoms with Gasteiger partial charge in [-0.2, -0.15) is 11.8 Å². The van der Waals surface area contributed by atoms with Crippen molar-refractivity contribution in [3.8, 4) is 0 Å². The highest BCUT2D eigenvalue weighted by molar-refractivity contribution is 7.99. The Balaban J connectivity index is 2.75. The van der Waals surface area contributed by atoms with E-state index in [0.717, 1.165) is 0 Å². The normalized spacial score (nSPS) is 9.86. The summed E-state index contributed by atoms with van der Waals surface area (Å²) >= 11 is 1.39. The van der Waals surface area contributed by atoms with Gasteiger partial charge in [0.1, 0.15) is 5.82 Å². The first-order chi connectivity index (χ1) is 6.63. The lowest BCUT2D eigenvalue weighted by Crippen LogP contribution is -2.15. The molecule has 0 saturated carbocycles. The third kappa shape index (κ3) is 2.92. The molecule has 1 aromatic carbocycles. The van der Waals surface area contributed by atoms with Crippen LogP contribution in [0.5, 0.6) is 0 Å². The van der Waals surface area contributed by atoms with Crippen LogP contribution in [0.1, 0.15) is 0 Å². The van der Waals surface area contributed by atoms with Crippen LogP contribution in [0.2, 0.25) is 0 Å². The van der Waals surface area contributed by atoms with Gasteiger partial charge < -0.3 is 11.1 Å². The minimum Gasteiger partial charge on any atom is -0.397 e. The fraction of sp³-hybridized carbons (Fsp3) is 0.222. The van der Waals surface area contributed by atoms with Crippen molar-refractivity contribution in [2.24, 2.45) is 0 Å². The number of carbonyl (C=O) groups excluding carboxylic acids is 1. The van der Waals surface area contributed by atoms with Crippen LogP contribution in [0.25, 0.3) is 0 Å². The summed E-state index contributed by atoms with van der Waals surface area (Å²) in [6.45, 7) is 0. The van der Waals surface area contributed by atoms with E-state index in [4.69, 9.17) is 5.73 Å². The Bertz CT molecular complexity index is 344. The predicted octanol–water partition coefficient (Wildman–Crippen LogP) is 1.71. The third-order valence-corrected chi connectivity index (χ3v) is 2.12. The molecule has 3 N–H and O–H groups in total. The number of carbonyl (C=O) groups is 1. The largest absolute Gasteiger partial charge is 0.397 e. The number of hydrogen-bond donors (Lipinski definition) is 2. The number of nitrogens with two attached hydrogens (primary N) is 1. The number of rotatable bonds is 3. The maximum Gasteiger partial charge on any atom is 0.234 e. The van der Waals surface area contributed by atoms with Gasteiger partial charge in [0.15, 0.2) is 0 Å². The highest BCUT2D eigenvalue weighted by Gasteiger charge is 2.05. The van der Waals surface area contributed by atoms with Crippen molar-refractivity contribution < 1.29 is 9.18 Å². The average molecular weight is 214 g/mol. The van der Waals surface area contributed by atoms with Gasteiger partial charge in [0.05, 0.1) is 17.1 Å². The first-order valence-corrected chi connectivity index (χ1v) is 5.36. The first-order valence-electron chi connectivity index (χ1n) is 3.97. The van der Waals surface area contributed by atoms with Crippen LogP contribution < -0.4 is 11.1 Å². The topological polar surface area (TPSA) is 55.1 Å². The zero-order chi connectivity index (χ0) is 10.6. The highest BCUT2D eigenvalue weighted by atomic mass is 32.2. The van der Waals surface area contributed by atoms with Gasteiger partial charge in [-0.15, -0.1) is 0 Å². The maximum absolute atomic E-state index is 12.8. The molecule has 0 aromatic heterocycles. The molecule has 0 atom stereocenters. The van der Waals surface area contributed by atoms with Gasteiger partial charge in [0.25, 0.3) is 0 Å². The monoisotopic (exact) mass is 214 g/mol. The van der Waals surface area contributed by atoms with Gasteiger partial charge in [0, 0.05) is 0 Å². The molecule has 0 spiro atoms. The second kappa shape index (κ2) is 4.85. The Kier molecular flexibility index (Phi) is 3.76. The van der Waals surface area contributed by atoms with Crippen LogP contribution in [0.4, 0.5) is 15.8 Å². The molecular formula is C9H11FN2OS. The molecule has 0 aliphatic rings. The van der Waals surface area contributed by atoms with E-state index in [1.807, 2.05) is 6.26 Å². The molecule has 1 aromatic rings. The van der Waals surface area contributed by atoms with E-state index < -0.39 is 5.82 Å². The standard InChI is InChI=1S/C9H11FN2OS/c1-14-5-9(13)12-8-4-6(10)2-3-7(8)11/h2-4H,5,11H2,1H3,(H,12,13). The summed E-state index contributed by atoms with van der Waals surface area (Å²) in [7, 11) is 0. The molecular weight excluding hydrogens is 203 g/mol. The fourth-order valence-electron chi connectivity index (χ4n) is 0.954. The summed E-state index contributed by atoms with van der Waals surface area (Å²) < 4.78 is 12.8. The molecule has 1 amide bonds. The molecule has 0 aliphatic heterocycles. The molecule has 0 radical (unpaired) electrons. The van der Waals surface area contributed by atoms with Crippen LogP contribution in [0, 0.1) is 5.82 Å². The van der Waals surface area contributed by atoms with E-state index in [1.165, 1.54) is 30.0 Å². The highest BCUT2D eigenvalue weighted by Crippen LogP contribution is 2.19. The van der Waals surface area contributed by atoms with Gasteiger partial charge in [0.2, 0.25) is 5.91 Å². The lowest BCUT2D eigenvalue weighted by atomic mass is 10.2. The van der Waals surface area contributed by atoms with E-state index in [1.54, 1.807) is 0 Å². The van der Waals surface area contributed by atoms with Crippen molar-refractivity contribution in [2.75, 3.05) is 23.1 Å². The van der Waals surface area contributed by atoms with Crippen LogP contribution in [0.15, 0.2) is 18.2 Å². The molecule has 14 heavy (non-hydrogen) atoms. The molecule has 3 nitrogen and oxygen atoms in total. The second-order valence-corrected chi connectivity index (χ2v) is 3.58. The lowest BCUT2D eigenvalue weighted by molar-refractivity contribution is -0.113. The van der Waals surface area contributed by atoms with E-state index in [0.29, 0.717) is 17.1 Å². The zero-order valence-corrected chi connectivity index (χ0v) is 8.53. The molecule has 5 heteroatoms. The smallest absolute Gasteiger partial charge is 0.234 e. The molecule has 0 heterocycles. The van der Waals surface area contributed by atoms with E-state index in [9.17, 15) is 9.18 Å². The number of nitrogens with one attached hydrogen (secondary N) is 1. The minimum atomic E-state index is -0.418. The molecule has 76 valence electrons. The van der Waals surface area contributed by atoms with Crippen molar-refractivity contribution in [1.29, 1.82) is 0 Å². The van der Waals surface area contributed by atoms with Crippen LogP contribution >= 0.6 is 11.8 Å². The van der Waals surface area contributed by atoms with Crippen molar-refractivity contribution in [3.63, 3.8) is 0 Å². The summed E-state index contributed by atoms with van der Waals surface area (Å²) in [4.78, 5) is 11.2. The van der Waals surface area contributed by atoms with Gasteiger partial charge in [-0.05, 0) is 24.5 Å². The second-order valence-electron chi connectivity index (χ2n) is 2.71. The Morgan fingerprint density at radius 1 is 1.64 bits per heavy atom. The lowest BCUT2D eigenvalue weighted by Gasteiger charge is -2.06. The summed E-state index contributed by atoms with van der Waals surface area (Å²) in [5, 5.41) is 2.53. The van der Waals surface area contributed by atoms with Gasteiger partial charge in [-0.1, -0.05) is 0 Å². The van der Waals surface area contributed by atoms with Crippen LogP contribution in [-0.4, -0.2) is 17.9 Å². The molecule has 0 bridgehead atoms. The van der Waals surface area contributed by atoms with Crippen molar-refractivity contribution in [2.45, 2.75) is 0 Å². The average Bonchev–Trinajstić information content (AvgIpc) is 2.12. The van der Waals surface area contributed by atoms with Gasteiger partial charge in [-0.25, -0.2) is 4.39 Å². The third-order valence-electron chi connectivity index (χ3n) is 1.56. The number of amides is 1. The van der Waals surface area contributed by atoms with E-state index in [2.05, 4.69) is 5.32 Å². The number of nitrogen functional groups attached to an aromatic ring is 1. The van der Waals surface area contributed by atoms with Crippen LogP contribution in [0.3, 0.4) is 0 Å². The number of hydrogen-bond acceptors (Lipinski definition) is 3. The predicted molar refractivity (Wildman–Crippen MR) is 57.8 cm³/mol. The van der Waals surface area contributed by atoms with E-state index in [-0.39, 0.29) is 5.91 Å². The van der Waals surface area contributed by atoms with Gasteiger partial charge in [-0.3, -0.25) is 4.79 Å². The maximum atomic E-state index is 12.8. The molecule has 1 rings (SSSR count). The Hall–Kier alpha value is -1.23. The first kappa shape index (κ1) is 10.8. The zero-order valence-electron chi connectivity index (χ0n) is 7.71. The number of anilines is 2.